The van der Waals surface area contributed by atoms with Crippen molar-refractivity contribution in [1.29, 1.82) is 5.26 Å². The molecular weight excluding hydrogens is 1070 g/mol. The first-order chi connectivity index (χ1) is 43.6. The summed E-state index contributed by atoms with van der Waals surface area (Å²) in [5.41, 5.74) is 22.2. The van der Waals surface area contributed by atoms with Crippen LogP contribution in [0.1, 0.15) is 5.56 Å². The van der Waals surface area contributed by atoms with Crippen molar-refractivity contribution in [2.45, 2.75) is 0 Å². The molecule has 6 nitrogen and oxygen atoms in total. The summed E-state index contributed by atoms with van der Waals surface area (Å²) in [5, 5.41) is 14.5. The molecule has 0 saturated carbocycles. The molecule has 0 bridgehead atoms. The van der Waals surface area contributed by atoms with Crippen LogP contribution in [0.4, 0.5) is 0 Å². The number of nitrogens with zero attached hydrogens (tertiary/aromatic N) is 6. The van der Waals surface area contributed by atoms with Crippen molar-refractivity contribution >= 4 is 43.6 Å². The molecule has 0 spiro atoms. The second-order valence-corrected chi connectivity index (χ2v) is 22.2. The van der Waals surface area contributed by atoms with Crippen molar-refractivity contribution in [1.82, 2.24) is 24.1 Å². The molecular formula is C82H52N6. The molecule has 410 valence electrons. The highest BCUT2D eigenvalue weighted by Crippen LogP contribution is 2.47. The summed E-state index contributed by atoms with van der Waals surface area (Å²) in [6.45, 7) is 0. The van der Waals surface area contributed by atoms with Crippen molar-refractivity contribution in [2.24, 2.45) is 0 Å². The van der Waals surface area contributed by atoms with Crippen LogP contribution in [0.25, 0.3) is 156 Å². The maximum Gasteiger partial charge on any atom is 0.166 e. The van der Waals surface area contributed by atoms with Crippen LogP contribution < -0.4 is 0 Å². The molecule has 0 unspecified atom stereocenters. The van der Waals surface area contributed by atoms with Gasteiger partial charge in [-0.3, -0.25) is 0 Å². The molecule has 0 aliphatic rings. The zero-order chi connectivity index (χ0) is 58.5. The highest BCUT2D eigenvalue weighted by Gasteiger charge is 2.27. The standard InChI is InChI=1S/C82H52N6/c83-53-54-34-36-59(37-35-54)66-42-43-73(87-74-44-38-62(55-20-7-1-8-21-55)49-69(74)70-50-63(39-45-75(70)87)56-22-9-2-10-23-56)68(48-66)67-32-19-33-78(79(67)82-85-80(60-28-15-5-16-29-60)84-81(86-82)61-30-17-6-18-31-61)88-76-46-40-64(57-24-11-3-12-25-57)51-71(76)72-52-65(41-47-77(72)88)58-26-13-4-14-27-58/h1-52H. The Kier molecular flexibility index (Phi) is 12.8. The molecule has 3 aromatic heterocycles. The minimum atomic E-state index is 0.520. The Bertz CT molecular complexity index is 5090. The van der Waals surface area contributed by atoms with E-state index < -0.39 is 0 Å². The van der Waals surface area contributed by atoms with Crippen LogP contribution in [0.5, 0.6) is 0 Å². The van der Waals surface area contributed by atoms with Gasteiger partial charge < -0.3 is 9.13 Å². The van der Waals surface area contributed by atoms with E-state index in [-0.39, 0.29) is 0 Å². The number of hydrogen-bond acceptors (Lipinski definition) is 4. The summed E-state index contributed by atoms with van der Waals surface area (Å²) in [5.74, 6) is 1.64. The van der Waals surface area contributed by atoms with Gasteiger partial charge in [0.05, 0.1) is 50.6 Å². The van der Waals surface area contributed by atoms with E-state index in [4.69, 9.17) is 15.0 Å². The summed E-state index contributed by atoms with van der Waals surface area (Å²) in [6.07, 6.45) is 0. The average molecular weight is 1120 g/mol. The zero-order valence-electron chi connectivity index (χ0n) is 47.7. The van der Waals surface area contributed by atoms with Gasteiger partial charge in [0, 0.05) is 38.2 Å². The molecule has 88 heavy (non-hydrogen) atoms. The number of rotatable bonds is 11. The van der Waals surface area contributed by atoms with Crippen LogP contribution in [0, 0.1) is 11.3 Å². The molecule has 16 rings (SSSR count). The van der Waals surface area contributed by atoms with Crippen molar-refractivity contribution in [2.75, 3.05) is 0 Å². The summed E-state index contributed by atoms with van der Waals surface area (Å²) < 4.78 is 4.86. The van der Waals surface area contributed by atoms with E-state index in [0.29, 0.717) is 23.0 Å². The monoisotopic (exact) mass is 1120 g/mol. The molecule has 0 atom stereocenters. The third kappa shape index (κ3) is 9.19. The summed E-state index contributed by atoms with van der Waals surface area (Å²) in [6, 6.07) is 114. The molecule has 0 amide bonds. The van der Waals surface area contributed by atoms with Crippen LogP contribution in [0.15, 0.2) is 315 Å². The molecule has 0 aliphatic heterocycles. The van der Waals surface area contributed by atoms with Gasteiger partial charge in [-0.15, -0.1) is 0 Å². The van der Waals surface area contributed by atoms with Gasteiger partial charge in [-0.1, -0.05) is 237 Å². The van der Waals surface area contributed by atoms with Gasteiger partial charge in [-0.25, -0.2) is 15.0 Å². The second-order valence-electron chi connectivity index (χ2n) is 22.2. The van der Waals surface area contributed by atoms with Gasteiger partial charge >= 0.3 is 0 Å². The number of nitriles is 1. The summed E-state index contributed by atoms with van der Waals surface area (Å²) >= 11 is 0. The SMILES string of the molecule is N#Cc1ccc(-c2ccc(-n3c4ccc(-c5ccccc5)cc4c4cc(-c5ccccc5)ccc43)c(-c3cccc(-n4c5ccc(-c6ccccc6)cc5c5cc(-c6ccccc6)ccc54)c3-c3nc(-c4ccccc4)nc(-c4ccccc4)n3)c2)cc1. The fourth-order valence-corrected chi connectivity index (χ4v) is 12.8. The lowest BCUT2D eigenvalue weighted by molar-refractivity contribution is 1.06. The highest BCUT2D eigenvalue weighted by atomic mass is 15.1. The third-order valence-corrected chi connectivity index (χ3v) is 17.0. The van der Waals surface area contributed by atoms with E-state index in [1.165, 1.54) is 0 Å². The van der Waals surface area contributed by atoms with E-state index >= 15 is 0 Å². The first-order valence-electron chi connectivity index (χ1n) is 29.6. The number of benzene rings is 13. The van der Waals surface area contributed by atoms with E-state index in [9.17, 15) is 5.26 Å². The van der Waals surface area contributed by atoms with E-state index in [0.717, 1.165) is 138 Å². The summed E-state index contributed by atoms with van der Waals surface area (Å²) in [7, 11) is 0. The number of hydrogen-bond donors (Lipinski definition) is 0. The molecule has 0 fully saturated rings. The van der Waals surface area contributed by atoms with Crippen molar-refractivity contribution in [3.63, 3.8) is 0 Å². The third-order valence-electron chi connectivity index (χ3n) is 17.0. The van der Waals surface area contributed by atoms with Gasteiger partial charge in [0.2, 0.25) is 0 Å². The van der Waals surface area contributed by atoms with E-state index in [1.807, 2.05) is 60.7 Å². The molecule has 0 saturated heterocycles. The first kappa shape index (κ1) is 51.6. The van der Waals surface area contributed by atoms with E-state index in [1.54, 1.807) is 0 Å². The van der Waals surface area contributed by atoms with Gasteiger partial charge in [0.1, 0.15) is 0 Å². The first-order valence-corrected chi connectivity index (χ1v) is 29.6. The minimum Gasteiger partial charge on any atom is -0.309 e. The van der Waals surface area contributed by atoms with Gasteiger partial charge in [-0.05, 0) is 140 Å². The average Bonchev–Trinajstić information content (AvgIpc) is 1.87. The fourth-order valence-electron chi connectivity index (χ4n) is 12.8. The van der Waals surface area contributed by atoms with Gasteiger partial charge in [0.25, 0.3) is 0 Å². The minimum absolute atomic E-state index is 0.520. The molecule has 6 heteroatoms. The van der Waals surface area contributed by atoms with Crippen molar-refractivity contribution < 1.29 is 0 Å². The highest BCUT2D eigenvalue weighted by molar-refractivity contribution is 6.14. The molecule has 0 radical (unpaired) electrons. The van der Waals surface area contributed by atoms with Crippen LogP contribution in [-0.2, 0) is 0 Å². The van der Waals surface area contributed by atoms with E-state index in [2.05, 4.69) is 270 Å². The fraction of sp³-hybridized carbons (Fsp3) is 0. The van der Waals surface area contributed by atoms with Gasteiger partial charge in [-0.2, -0.15) is 5.26 Å². The van der Waals surface area contributed by atoms with Crippen LogP contribution in [-0.4, -0.2) is 24.1 Å². The quantitative estimate of drug-likeness (QED) is 0.129. The van der Waals surface area contributed by atoms with Gasteiger partial charge in [0.15, 0.2) is 17.5 Å². The predicted octanol–water partition coefficient (Wildman–Crippen LogP) is 20.9. The largest absolute Gasteiger partial charge is 0.309 e. The van der Waals surface area contributed by atoms with Crippen LogP contribution in [0.2, 0.25) is 0 Å². The molecule has 16 aromatic rings. The van der Waals surface area contributed by atoms with Crippen molar-refractivity contribution in [3.8, 4) is 118 Å². The second kappa shape index (κ2) is 21.9. The molecule has 13 aromatic carbocycles. The molecule has 0 N–H and O–H groups in total. The predicted molar refractivity (Wildman–Crippen MR) is 362 cm³/mol. The molecule has 0 aliphatic carbocycles. The normalized spacial score (nSPS) is 11.4. The Morgan fingerprint density at radius 3 is 0.943 bits per heavy atom. The number of fused-ring (bicyclic) bond motifs is 6. The Hall–Kier alpha value is -12.0. The lowest BCUT2D eigenvalue weighted by Gasteiger charge is -2.21. The lowest BCUT2D eigenvalue weighted by Crippen LogP contribution is -2.06. The maximum absolute atomic E-state index is 9.99. The van der Waals surface area contributed by atoms with Crippen LogP contribution in [0.3, 0.4) is 0 Å². The zero-order valence-corrected chi connectivity index (χ0v) is 47.7. The Balaban J connectivity index is 1.04. The Morgan fingerprint density at radius 2 is 0.557 bits per heavy atom. The maximum atomic E-state index is 9.99. The number of aromatic nitrogens is 5. The lowest BCUT2D eigenvalue weighted by atomic mass is 9.92. The van der Waals surface area contributed by atoms with Crippen molar-refractivity contribution in [3.05, 3.63) is 321 Å². The Morgan fingerprint density at radius 1 is 0.239 bits per heavy atom. The summed E-state index contributed by atoms with van der Waals surface area (Å²) in [4.78, 5) is 16.5. The topological polar surface area (TPSA) is 72.3 Å². The smallest absolute Gasteiger partial charge is 0.166 e. The molecule has 3 heterocycles. The van der Waals surface area contributed by atoms with Crippen LogP contribution >= 0.6 is 0 Å². The Labute approximate surface area is 509 Å².